The van der Waals surface area contributed by atoms with Gasteiger partial charge in [-0.2, -0.15) is 5.10 Å². The Kier molecular flexibility index (Phi) is 4.43. The largest absolute Gasteiger partial charge is 0.338 e. The van der Waals surface area contributed by atoms with E-state index in [2.05, 4.69) is 10.1 Å². The first-order valence-electron chi connectivity index (χ1n) is 8.76. The number of nitrogens with zero attached hydrogens (tertiary/aromatic N) is 4. The molecule has 1 amide bonds. The van der Waals surface area contributed by atoms with E-state index in [1.165, 1.54) is 11.1 Å². The lowest BCUT2D eigenvalue weighted by atomic mass is 10.1. The second-order valence-corrected chi connectivity index (χ2v) is 9.13. The maximum Gasteiger partial charge on any atom is 0.255 e. The first-order chi connectivity index (χ1) is 12.9. The lowest BCUT2D eigenvalue weighted by Gasteiger charge is -2.23. The van der Waals surface area contributed by atoms with Crippen LogP contribution >= 0.6 is 0 Å². The van der Waals surface area contributed by atoms with Crippen LogP contribution in [-0.2, 0) is 16.4 Å². The minimum absolute atomic E-state index is 0.0277. The Bertz CT molecular complexity index is 1090. The molecule has 140 valence electrons. The fraction of sp³-hybridized carbons (Fsp3) is 0.316. The summed E-state index contributed by atoms with van der Waals surface area (Å²) in [6.07, 6.45) is 3.71. The lowest BCUT2D eigenvalue weighted by molar-refractivity contribution is 0.0747. The van der Waals surface area contributed by atoms with E-state index in [4.69, 9.17) is 0 Å². The van der Waals surface area contributed by atoms with Crippen LogP contribution in [0.4, 0.5) is 0 Å². The number of benzene rings is 1. The van der Waals surface area contributed by atoms with Crippen molar-refractivity contribution in [2.24, 2.45) is 0 Å². The van der Waals surface area contributed by atoms with Gasteiger partial charge in [-0.25, -0.2) is 18.1 Å². The van der Waals surface area contributed by atoms with Crippen molar-refractivity contribution in [2.75, 3.05) is 18.6 Å². The standard InChI is InChI=1S/C19H20N4O3S/c1-22(17-7-8-27(25,26)13-17)19(24)16-9-15-11-21-23(18(15)20-10-16)12-14-5-3-2-4-6-14/h2-6,9-11,17H,7-8,12-13H2,1H3/t17-/m1/s1. The van der Waals surface area contributed by atoms with Crippen LogP contribution in [0.2, 0.25) is 0 Å². The van der Waals surface area contributed by atoms with Gasteiger partial charge in [-0.1, -0.05) is 30.3 Å². The highest BCUT2D eigenvalue weighted by molar-refractivity contribution is 7.91. The zero-order chi connectivity index (χ0) is 19.0. The van der Waals surface area contributed by atoms with E-state index >= 15 is 0 Å². The van der Waals surface area contributed by atoms with Gasteiger partial charge in [0, 0.05) is 24.7 Å². The van der Waals surface area contributed by atoms with Crippen molar-refractivity contribution in [2.45, 2.75) is 19.0 Å². The number of pyridine rings is 1. The number of carbonyl (C=O) groups excluding carboxylic acids is 1. The fourth-order valence-electron chi connectivity index (χ4n) is 3.41. The summed E-state index contributed by atoms with van der Waals surface area (Å²) in [6.45, 7) is 0.602. The van der Waals surface area contributed by atoms with Crippen molar-refractivity contribution < 1.29 is 13.2 Å². The van der Waals surface area contributed by atoms with Crippen molar-refractivity contribution in [3.8, 4) is 0 Å². The summed E-state index contributed by atoms with van der Waals surface area (Å²) in [5.74, 6) is -0.0547. The van der Waals surface area contributed by atoms with E-state index in [0.29, 0.717) is 24.2 Å². The van der Waals surface area contributed by atoms with Gasteiger partial charge in [-0.05, 0) is 18.1 Å². The molecule has 3 aromatic rings. The summed E-state index contributed by atoms with van der Waals surface area (Å²) in [5.41, 5.74) is 2.27. The maximum absolute atomic E-state index is 12.7. The van der Waals surface area contributed by atoms with E-state index in [-0.39, 0.29) is 23.5 Å². The number of hydrogen-bond acceptors (Lipinski definition) is 5. The summed E-state index contributed by atoms with van der Waals surface area (Å²) < 4.78 is 25.1. The average Bonchev–Trinajstić information content (AvgIpc) is 3.24. The maximum atomic E-state index is 12.7. The number of hydrogen-bond donors (Lipinski definition) is 0. The van der Waals surface area contributed by atoms with Gasteiger partial charge < -0.3 is 4.90 Å². The summed E-state index contributed by atoms with van der Waals surface area (Å²) in [5, 5.41) is 5.16. The molecule has 1 fully saturated rings. The van der Waals surface area contributed by atoms with Crippen LogP contribution in [0.25, 0.3) is 11.0 Å². The Labute approximate surface area is 157 Å². The monoisotopic (exact) mass is 384 g/mol. The number of rotatable bonds is 4. The molecular formula is C19H20N4O3S. The molecule has 0 unspecified atom stereocenters. The summed E-state index contributed by atoms with van der Waals surface area (Å²) >= 11 is 0. The molecule has 0 saturated carbocycles. The minimum atomic E-state index is -3.04. The topological polar surface area (TPSA) is 85.2 Å². The van der Waals surface area contributed by atoms with Crippen LogP contribution in [0.15, 0.2) is 48.8 Å². The number of carbonyl (C=O) groups is 1. The molecule has 4 rings (SSSR count). The SMILES string of the molecule is CN(C(=O)c1cnc2c(cnn2Cc2ccccc2)c1)[C@@H]1CCS(=O)(=O)C1. The zero-order valence-electron chi connectivity index (χ0n) is 14.9. The fourth-order valence-corrected chi connectivity index (χ4v) is 5.19. The zero-order valence-corrected chi connectivity index (χ0v) is 15.8. The molecule has 0 aliphatic carbocycles. The van der Waals surface area contributed by atoms with Crippen molar-refractivity contribution in [1.29, 1.82) is 0 Å². The Morgan fingerprint density at radius 3 is 2.74 bits per heavy atom. The van der Waals surface area contributed by atoms with Gasteiger partial charge in [0.1, 0.15) is 0 Å². The summed E-state index contributed by atoms with van der Waals surface area (Å²) in [7, 11) is -1.39. The van der Waals surface area contributed by atoms with Gasteiger partial charge >= 0.3 is 0 Å². The smallest absolute Gasteiger partial charge is 0.255 e. The normalized spacial score (nSPS) is 18.6. The van der Waals surface area contributed by atoms with Crippen molar-refractivity contribution >= 4 is 26.8 Å². The van der Waals surface area contributed by atoms with Crippen molar-refractivity contribution in [3.63, 3.8) is 0 Å². The average molecular weight is 384 g/mol. The predicted octanol–water partition coefficient (Wildman–Crippen LogP) is 1.74. The Morgan fingerprint density at radius 2 is 2.04 bits per heavy atom. The van der Waals surface area contributed by atoms with E-state index in [9.17, 15) is 13.2 Å². The predicted molar refractivity (Wildman–Crippen MR) is 102 cm³/mol. The highest BCUT2D eigenvalue weighted by Gasteiger charge is 2.33. The van der Waals surface area contributed by atoms with Crippen LogP contribution in [0.1, 0.15) is 22.3 Å². The molecule has 1 aromatic carbocycles. The van der Waals surface area contributed by atoms with Crippen molar-refractivity contribution in [3.05, 3.63) is 59.9 Å². The molecule has 0 radical (unpaired) electrons. The highest BCUT2D eigenvalue weighted by atomic mass is 32.2. The molecule has 27 heavy (non-hydrogen) atoms. The van der Waals surface area contributed by atoms with E-state index in [1.807, 2.05) is 30.3 Å². The first-order valence-corrected chi connectivity index (χ1v) is 10.6. The highest BCUT2D eigenvalue weighted by Crippen LogP contribution is 2.20. The van der Waals surface area contributed by atoms with Gasteiger partial charge in [0.25, 0.3) is 5.91 Å². The molecule has 0 N–H and O–H groups in total. The molecule has 3 heterocycles. The number of amides is 1. The van der Waals surface area contributed by atoms with Crippen molar-refractivity contribution in [1.82, 2.24) is 19.7 Å². The number of fused-ring (bicyclic) bond motifs is 1. The molecule has 1 atom stereocenters. The van der Waals surface area contributed by atoms with Crippen LogP contribution in [0, 0.1) is 0 Å². The lowest BCUT2D eigenvalue weighted by Crippen LogP contribution is -2.37. The third kappa shape index (κ3) is 3.57. The van der Waals surface area contributed by atoms with Gasteiger partial charge in [0.15, 0.2) is 15.5 Å². The molecular weight excluding hydrogens is 364 g/mol. The summed E-state index contributed by atoms with van der Waals surface area (Å²) in [6, 6.07) is 11.5. The molecule has 8 heteroatoms. The Balaban J connectivity index is 1.56. The molecule has 1 saturated heterocycles. The minimum Gasteiger partial charge on any atom is -0.338 e. The Hall–Kier alpha value is -2.74. The molecule has 1 aliphatic heterocycles. The molecule has 0 spiro atoms. The molecule has 7 nitrogen and oxygen atoms in total. The van der Waals surface area contributed by atoms with Crippen LogP contribution in [-0.4, -0.2) is 58.6 Å². The number of sulfone groups is 1. The van der Waals surface area contributed by atoms with Gasteiger partial charge in [0.2, 0.25) is 0 Å². The van der Waals surface area contributed by atoms with Gasteiger partial charge in [-0.15, -0.1) is 0 Å². The second-order valence-electron chi connectivity index (χ2n) is 6.90. The second kappa shape index (κ2) is 6.77. The van der Waals surface area contributed by atoms with Crippen LogP contribution in [0.3, 0.4) is 0 Å². The van der Waals surface area contributed by atoms with E-state index in [1.54, 1.807) is 24.0 Å². The van der Waals surface area contributed by atoms with Gasteiger partial charge in [-0.3, -0.25) is 4.79 Å². The summed E-state index contributed by atoms with van der Waals surface area (Å²) in [4.78, 5) is 18.7. The quantitative estimate of drug-likeness (QED) is 0.684. The van der Waals surface area contributed by atoms with Crippen LogP contribution < -0.4 is 0 Å². The first kappa shape index (κ1) is 17.7. The third-order valence-corrected chi connectivity index (χ3v) is 6.72. The van der Waals surface area contributed by atoms with Gasteiger partial charge in [0.05, 0.1) is 29.8 Å². The Morgan fingerprint density at radius 1 is 1.26 bits per heavy atom. The molecule has 2 aromatic heterocycles. The molecule has 0 bridgehead atoms. The third-order valence-electron chi connectivity index (χ3n) is 4.97. The van der Waals surface area contributed by atoms with E-state index in [0.717, 1.165) is 10.9 Å². The van der Waals surface area contributed by atoms with Crippen LogP contribution in [0.5, 0.6) is 0 Å². The molecule has 1 aliphatic rings. The number of aromatic nitrogens is 3. The van der Waals surface area contributed by atoms with E-state index < -0.39 is 9.84 Å².